The van der Waals surface area contributed by atoms with Crippen LogP contribution in [0.3, 0.4) is 0 Å². The molecule has 5 N–H and O–H groups in total. The van der Waals surface area contributed by atoms with Gasteiger partial charge in [0, 0.05) is 26.2 Å². The van der Waals surface area contributed by atoms with E-state index in [0.29, 0.717) is 11.6 Å². The number of rotatable bonds is 7. The lowest BCUT2D eigenvalue weighted by Crippen LogP contribution is -2.37. The van der Waals surface area contributed by atoms with Crippen molar-refractivity contribution >= 4 is 29.0 Å². The van der Waals surface area contributed by atoms with Gasteiger partial charge >= 0.3 is 0 Å². The second-order valence-corrected chi connectivity index (χ2v) is 6.20. The molecule has 2 heterocycles. The predicted octanol–water partition coefficient (Wildman–Crippen LogP) is 0.234. The van der Waals surface area contributed by atoms with Crippen LogP contribution < -0.4 is 21.7 Å². The number of carbonyl (C=O) groups excluding carboxylic acids is 2. The van der Waals surface area contributed by atoms with Gasteiger partial charge in [0.05, 0.1) is 35.7 Å². The summed E-state index contributed by atoms with van der Waals surface area (Å²) >= 11 is 0. The van der Waals surface area contributed by atoms with Gasteiger partial charge in [0.1, 0.15) is 12.0 Å². The van der Waals surface area contributed by atoms with Crippen molar-refractivity contribution < 1.29 is 9.59 Å². The highest BCUT2D eigenvalue weighted by Crippen LogP contribution is 2.39. The van der Waals surface area contributed by atoms with Gasteiger partial charge in [-0.15, -0.1) is 0 Å². The molecule has 0 spiro atoms. The molecule has 1 fully saturated rings. The minimum atomic E-state index is -0.582. The number of nitrogens with one attached hydrogen (secondary N) is 3. The maximum absolute atomic E-state index is 13.0. The molecular formula is C18H21N9O2. The fourth-order valence-electron chi connectivity index (χ4n) is 2.55. The molecule has 1 aliphatic rings. The van der Waals surface area contributed by atoms with E-state index in [0.717, 1.165) is 24.7 Å². The van der Waals surface area contributed by atoms with Gasteiger partial charge in [0.2, 0.25) is 0 Å². The molecule has 0 saturated heterocycles. The van der Waals surface area contributed by atoms with Crippen molar-refractivity contribution in [2.24, 2.45) is 10.7 Å². The summed E-state index contributed by atoms with van der Waals surface area (Å²) in [6.45, 7) is 0. The Balaban J connectivity index is 1.91. The van der Waals surface area contributed by atoms with E-state index in [1.165, 1.54) is 20.4 Å². The standard InChI is InChI=1S/C18H21N9O2/c1-20-14(17(28)21-2)12(5-19)27-18(29)15-16(25-11-6-22-9-23-7-11)24-8-13(26-15)10-3-4-10/h5-10H,3-4,19H2,1-2H3,(H,21,28)(H,24,25)(H,27,29). The third-order valence-corrected chi connectivity index (χ3v) is 4.16. The molecule has 0 bridgehead atoms. The largest absolute Gasteiger partial charge is 0.403 e. The molecule has 0 aromatic carbocycles. The maximum atomic E-state index is 13.0. The normalized spacial score (nSPS) is 14.3. The molecular weight excluding hydrogens is 374 g/mol. The summed E-state index contributed by atoms with van der Waals surface area (Å²) in [7, 11) is 2.88. The van der Waals surface area contributed by atoms with Gasteiger partial charge in [-0.2, -0.15) is 0 Å². The molecule has 2 amide bonds. The van der Waals surface area contributed by atoms with E-state index < -0.39 is 11.8 Å². The average Bonchev–Trinajstić information content (AvgIpc) is 3.59. The van der Waals surface area contributed by atoms with E-state index >= 15 is 0 Å². The number of nitrogens with two attached hydrogens (primary N) is 1. The van der Waals surface area contributed by atoms with Gasteiger partial charge < -0.3 is 21.7 Å². The summed E-state index contributed by atoms with van der Waals surface area (Å²) < 4.78 is 0. The third-order valence-electron chi connectivity index (χ3n) is 4.16. The van der Waals surface area contributed by atoms with Crippen molar-refractivity contribution in [2.45, 2.75) is 18.8 Å². The fraction of sp³-hybridized carbons (Fsp3) is 0.278. The van der Waals surface area contributed by atoms with Gasteiger partial charge in [-0.25, -0.2) is 19.9 Å². The van der Waals surface area contributed by atoms with Gasteiger partial charge in [-0.05, 0) is 12.8 Å². The van der Waals surface area contributed by atoms with Crippen molar-refractivity contribution in [2.75, 3.05) is 19.4 Å². The molecule has 0 atom stereocenters. The van der Waals surface area contributed by atoms with Crippen LogP contribution in [0, 0.1) is 0 Å². The van der Waals surface area contributed by atoms with Crippen molar-refractivity contribution in [3.05, 3.63) is 48.2 Å². The first-order chi connectivity index (χ1) is 14.1. The third kappa shape index (κ3) is 4.69. The number of amides is 2. The van der Waals surface area contributed by atoms with Crippen LogP contribution in [-0.2, 0) is 4.79 Å². The summed E-state index contributed by atoms with van der Waals surface area (Å²) in [5, 5.41) is 8.03. The Hall–Kier alpha value is -3.89. The second-order valence-electron chi connectivity index (χ2n) is 6.20. The number of aliphatic imine (C=N–C) groups is 1. The molecule has 1 aliphatic carbocycles. The minimum absolute atomic E-state index is 0.0133. The second kappa shape index (κ2) is 8.87. The van der Waals surface area contributed by atoms with Crippen LogP contribution in [0.25, 0.3) is 0 Å². The Morgan fingerprint density at radius 2 is 1.97 bits per heavy atom. The molecule has 1 saturated carbocycles. The molecule has 29 heavy (non-hydrogen) atoms. The van der Waals surface area contributed by atoms with Crippen LogP contribution in [0.4, 0.5) is 11.5 Å². The van der Waals surface area contributed by atoms with Crippen LogP contribution in [0.5, 0.6) is 0 Å². The summed E-state index contributed by atoms with van der Waals surface area (Å²) in [4.78, 5) is 45.5. The van der Waals surface area contributed by atoms with E-state index in [1.807, 2.05) is 0 Å². The molecule has 11 heteroatoms. The molecule has 2 aromatic heterocycles. The summed E-state index contributed by atoms with van der Waals surface area (Å²) in [6, 6.07) is 0. The summed E-state index contributed by atoms with van der Waals surface area (Å²) in [5.41, 5.74) is 7.00. The molecule has 0 radical (unpaired) electrons. The topological polar surface area (TPSA) is 160 Å². The van der Waals surface area contributed by atoms with Gasteiger partial charge in [0.25, 0.3) is 11.8 Å². The fourth-order valence-corrected chi connectivity index (χ4v) is 2.55. The lowest BCUT2D eigenvalue weighted by molar-refractivity contribution is -0.114. The number of hydrogen-bond donors (Lipinski definition) is 4. The molecule has 0 aliphatic heterocycles. The molecule has 150 valence electrons. The minimum Gasteiger partial charge on any atom is -0.403 e. The Labute approximate surface area is 167 Å². The van der Waals surface area contributed by atoms with Crippen LogP contribution in [0.2, 0.25) is 0 Å². The smallest absolute Gasteiger partial charge is 0.278 e. The van der Waals surface area contributed by atoms with Gasteiger partial charge in [-0.3, -0.25) is 14.6 Å². The number of nitrogens with zero attached hydrogens (tertiary/aromatic N) is 5. The first-order valence-corrected chi connectivity index (χ1v) is 8.88. The lowest BCUT2D eigenvalue weighted by atomic mass is 10.2. The van der Waals surface area contributed by atoms with E-state index in [2.05, 4.69) is 40.9 Å². The Bertz CT molecular complexity index is 969. The molecule has 11 nitrogen and oxygen atoms in total. The Morgan fingerprint density at radius 1 is 1.24 bits per heavy atom. The molecule has 0 unspecified atom stereocenters. The Kier molecular flexibility index (Phi) is 6.07. The van der Waals surface area contributed by atoms with E-state index in [4.69, 9.17) is 5.73 Å². The Morgan fingerprint density at radius 3 is 2.55 bits per heavy atom. The van der Waals surface area contributed by atoms with Crippen LogP contribution in [-0.4, -0.2) is 51.6 Å². The monoisotopic (exact) mass is 395 g/mol. The number of carbonyl (C=O) groups is 2. The van der Waals surface area contributed by atoms with E-state index in [1.54, 1.807) is 18.6 Å². The quantitative estimate of drug-likeness (QED) is 0.485. The van der Waals surface area contributed by atoms with Crippen molar-refractivity contribution in [1.82, 2.24) is 30.6 Å². The predicted molar refractivity (Wildman–Crippen MR) is 106 cm³/mol. The number of hydrogen-bond acceptors (Lipinski definition) is 9. The van der Waals surface area contributed by atoms with E-state index in [-0.39, 0.29) is 22.9 Å². The lowest BCUT2D eigenvalue weighted by Gasteiger charge is -2.14. The zero-order chi connectivity index (χ0) is 20.8. The van der Waals surface area contributed by atoms with Crippen molar-refractivity contribution in [1.29, 1.82) is 0 Å². The van der Waals surface area contributed by atoms with Gasteiger partial charge in [-0.1, -0.05) is 0 Å². The average molecular weight is 395 g/mol. The maximum Gasteiger partial charge on any atom is 0.278 e. The highest BCUT2D eigenvalue weighted by atomic mass is 16.2. The summed E-state index contributed by atoms with van der Waals surface area (Å²) in [5.74, 6) is -0.539. The van der Waals surface area contributed by atoms with Crippen LogP contribution >= 0.6 is 0 Å². The van der Waals surface area contributed by atoms with Crippen molar-refractivity contribution in [3.8, 4) is 0 Å². The first-order valence-electron chi connectivity index (χ1n) is 8.88. The number of anilines is 2. The van der Waals surface area contributed by atoms with Crippen molar-refractivity contribution in [3.63, 3.8) is 0 Å². The molecule has 2 aromatic rings. The SMILES string of the molecule is CN=C(C(=O)NC)C(=CN)NC(=O)c1nc(C2CC2)cnc1Nc1cncnc1. The zero-order valence-electron chi connectivity index (χ0n) is 16.0. The first kappa shape index (κ1) is 19.9. The summed E-state index contributed by atoms with van der Waals surface area (Å²) in [6.07, 6.45) is 9.24. The van der Waals surface area contributed by atoms with Crippen LogP contribution in [0.15, 0.2) is 41.8 Å². The molecule has 3 rings (SSSR count). The van der Waals surface area contributed by atoms with Gasteiger partial charge in [0.15, 0.2) is 11.5 Å². The highest BCUT2D eigenvalue weighted by molar-refractivity contribution is 6.45. The van der Waals surface area contributed by atoms with E-state index in [9.17, 15) is 9.59 Å². The zero-order valence-corrected chi connectivity index (χ0v) is 16.0. The van der Waals surface area contributed by atoms with Crippen LogP contribution in [0.1, 0.15) is 34.9 Å². The highest BCUT2D eigenvalue weighted by Gasteiger charge is 2.28. The number of aromatic nitrogens is 4.